The number of nitrogens with zero attached hydrogens (tertiary/aromatic N) is 5. The predicted octanol–water partition coefficient (Wildman–Crippen LogP) is 3.83. The topological polar surface area (TPSA) is 139 Å². The number of rotatable bonds is 9. The summed E-state index contributed by atoms with van der Waals surface area (Å²) in [7, 11) is -1.68. The summed E-state index contributed by atoms with van der Waals surface area (Å²) in [5.74, 6) is 0.610. The first-order chi connectivity index (χ1) is 22.1. The van der Waals surface area contributed by atoms with Crippen LogP contribution in [0.4, 0.5) is 33.2 Å². The molecule has 1 unspecified atom stereocenters. The van der Waals surface area contributed by atoms with Gasteiger partial charge in [-0.2, -0.15) is 0 Å². The number of hydrogen-bond acceptors (Lipinski definition) is 11. The molecule has 2 aromatic heterocycles. The summed E-state index contributed by atoms with van der Waals surface area (Å²) in [6, 6.07) is 5.55. The van der Waals surface area contributed by atoms with Crippen LogP contribution >= 0.6 is 0 Å². The van der Waals surface area contributed by atoms with Crippen molar-refractivity contribution in [3.8, 4) is 0 Å². The molecule has 3 aliphatic heterocycles. The smallest absolute Gasteiger partial charge is 0.247 e. The highest BCUT2D eigenvalue weighted by Gasteiger charge is 2.43. The fourth-order valence-corrected chi connectivity index (χ4v) is 8.26. The molecule has 1 aromatic carbocycles. The first-order valence-corrected chi connectivity index (χ1v) is 17.3. The van der Waals surface area contributed by atoms with Gasteiger partial charge in [-0.1, -0.05) is 20.4 Å². The number of methoxy groups -OCH3 is 1. The Labute approximate surface area is 268 Å². The van der Waals surface area contributed by atoms with Gasteiger partial charge in [-0.25, -0.2) is 27.8 Å². The zero-order valence-electron chi connectivity index (χ0n) is 26.3. The molecule has 3 saturated heterocycles. The molecule has 246 valence electrons. The number of piperidine rings is 1. The highest BCUT2D eigenvalue weighted by atomic mass is 32.2. The molecule has 3 aromatic rings. The van der Waals surface area contributed by atoms with Gasteiger partial charge in [0.15, 0.2) is 9.84 Å². The lowest BCUT2D eigenvalue weighted by molar-refractivity contribution is -0.111. The van der Waals surface area contributed by atoms with Crippen LogP contribution in [-0.4, -0.2) is 99.1 Å². The monoisotopic (exact) mass is 653 g/mol. The molecule has 3 fully saturated rings. The number of aromatic nitrogens is 3. The van der Waals surface area contributed by atoms with Crippen LogP contribution in [0.25, 0.3) is 10.9 Å². The third kappa shape index (κ3) is 6.38. The molecule has 2 N–H and O–H groups in total. The Morgan fingerprint density at radius 3 is 2.72 bits per heavy atom. The number of carbonyl (C=O) groups excluding carboxylic acids is 1. The molecule has 46 heavy (non-hydrogen) atoms. The summed E-state index contributed by atoms with van der Waals surface area (Å²) >= 11 is 0. The predicted molar refractivity (Wildman–Crippen MR) is 177 cm³/mol. The molecule has 1 amide bonds. The number of alkyl halides is 1. The van der Waals surface area contributed by atoms with E-state index in [4.69, 9.17) is 14.5 Å². The Balaban J connectivity index is 1.32. The van der Waals surface area contributed by atoms with Crippen LogP contribution in [-0.2, 0) is 24.1 Å². The molecule has 0 saturated carbocycles. The molecule has 3 aliphatic rings. The molecule has 14 heteroatoms. The van der Waals surface area contributed by atoms with E-state index in [9.17, 15) is 17.6 Å². The fraction of sp³-hybridized carbons (Fsp3) is 0.500. The average molecular weight is 654 g/mol. The molecule has 0 bridgehead atoms. The first kappa shape index (κ1) is 32.1. The minimum absolute atomic E-state index is 0.00992. The molecule has 0 aliphatic carbocycles. The number of hydrogen-bond donors (Lipinski definition) is 2. The number of pyridine rings is 1. The van der Waals surface area contributed by atoms with E-state index in [1.54, 1.807) is 18.5 Å². The van der Waals surface area contributed by atoms with Gasteiger partial charge < -0.3 is 29.9 Å². The number of sulfone groups is 1. The third-order valence-corrected chi connectivity index (χ3v) is 11.2. The number of anilines is 5. The summed E-state index contributed by atoms with van der Waals surface area (Å²) in [6.07, 6.45) is 3.68. The lowest BCUT2D eigenvalue weighted by Gasteiger charge is -2.45. The quantitative estimate of drug-likeness (QED) is 0.326. The maximum Gasteiger partial charge on any atom is 0.247 e. The lowest BCUT2D eigenvalue weighted by Crippen LogP contribution is -2.57. The van der Waals surface area contributed by atoms with Crippen LogP contribution in [0.15, 0.2) is 43.2 Å². The van der Waals surface area contributed by atoms with Crippen LogP contribution in [0.1, 0.15) is 31.7 Å². The van der Waals surface area contributed by atoms with Gasteiger partial charge in [0.05, 0.1) is 42.4 Å². The summed E-state index contributed by atoms with van der Waals surface area (Å²) in [5.41, 5.74) is 3.61. The Kier molecular flexibility index (Phi) is 9.12. The molecule has 3 atom stereocenters. The number of halogens is 1. The third-order valence-electron chi connectivity index (χ3n) is 9.05. The maximum atomic E-state index is 14.6. The van der Waals surface area contributed by atoms with Gasteiger partial charge in [0.1, 0.15) is 12.0 Å². The average Bonchev–Trinajstić information content (AvgIpc) is 3.00. The molecule has 5 heterocycles. The SMILES string of the molecule is C=CC(=O)Nc1cc(N2CC(C3COCCS3(=O)=O)C2)c2cnc(Nc3ccnc(N4CC[C@@H](OC)[C@@H](F)C4)c3)nc2c1C(C)C. The summed E-state index contributed by atoms with van der Waals surface area (Å²) in [6.45, 7) is 9.98. The van der Waals surface area contributed by atoms with Crippen molar-refractivity contribution in [1.82, 2.24) is 15.0 Å². The van der Waals surface area contributed by atoms with Crippen molar-refractivity contribution in [2.24, 2.45) is 5.92 Å². The van der Waals surface area contributed by atoms with Crippen LogP contribution in [0, 0.1) is 5.92 Å². The molecule has 0 radical (unpaired) electrons. The zero-order valence-corrected chi connectivity index (χ0v) is 27.1. The van der Waals surface area contributed by atoms with Crippen LogP contribution in [0.3, 0.4) is 0 Å². The highest BCUT2D eigenvalue weighted by Crippen LogP contribution is 2.41. The summed E-state index contributed by atoms with van der Waals surface area (Å²) in [4.78, 5) is 30.5. The molecular formula is C32H40FN7O5S. The lowest BCUT2D eigenvalue weighted by atomic mass is 9.92. The van der Waals surface area contributed by atoms with Crippen molar-refractivity contribution in [1.29, 1.82) is 0 Å². The van der Waals surface area contributed by atoms with E-state index in [-0.39, 0.29) is 43.3 Å². The van der Waals surface area contributed by atoms with Crippen molar-refractivity contribution in [3.05, 3.63) is 48.8 Å². The van der Waals surface area contributed by atoms with Crippen molar-refractivity contribution in [2.45, 2.75) is 43.7 Å². The van der Waals surface area contributed by atoms with Gasteiger partial charge in [0, 0.05) is 79.1 Å². The van der Waals surface area contributed by atoms with Gasteiger partial charge in [-0.3, -0.25) is 4.79 Å². The summed E-state index contributed by atoms with van der Waals surface area (Å²) in [5, 5.41) is 6.49. The van der Waals surface area contributed by atoms with E-state index in [0.717, 1.165) is 16.6 Å². The first-order valence-electron chi connectivity index (χ1n) is 15.5. The number of carbonyl (C=O) groups is 1. The van der Waals surface area contributed by atoms with Crippen molar-refractivity contribution >= 4 is 55.5 Å². The fourth-order valence-electron chi connectivity index (χ4n) is 6.55. The van der Waals surface area contributed by atoms with Crippen molar-refractivity contribution in [3.63, 3.8) is 0 Å². The zero-order chi connectivity index (χ0) is 32.6. The van der Waals surface area contributed by atoms with E-state index >= 15 is 0 Å². The maximum absolute atomic E-state index is 14.6. The Bertz CT molecular complexity index is 1730. The van der Waals surface area contributed by atoms with Crippen LogP contribution in [0.5, 0.6) is 0 Å². The van der Waals surface area contributed by atoms with Crippen LogP contribution in [0.2, 0.25) is 0 Å². The second-order valence-corrected chi connectivity index (χ2v) is 14.7. The Hall–Kier alpha value is -3.88. The van der Waals surface area contributed by atoms with Crippen molar-refractivity contribution < 1.29 is 27.1 Å². The van der Waals surface area contributed by atoms with Crippen molar-refractivity contribution in [2.75, 3.05) is 72.7 Å². The van der Waals surface area contributed by atoms with E-state index in [1.165, 1.54) is 13.2 Å². The normalized spacial score (nSPS) is 23.3. The van der Waals surface area contributed by atoms with E-state index in [0.29, 0.717) is 54.7 Å². The Morgan fingerprint density at radius 1 is 1.22 bits per heavy atom. The molecule has 6 rings (SSSR count). The van der Waals surface area contributed by atoms with E-state index < -0.39 is 27.4 Å². The largest absolute Gasteiger partial charge is 0.379 e. The summed E-state index contributed by atoms with van der Waals surface area (Å²) < 4.78 is 50.8. The number of amides is 1. The Morgan fingerprint density at radius 2 is 2.02 bits per heavy atom. The number of fused-ring (bicyclic) bond motifs is 1. The number of benzene rings is 1. The van der Waals surface area contributed by atoms with Crippen LogP contribution < -0.4 is 20.4 Å². The van der Waals surface area contributed by atoms with E-state index in [2.05, 4.69) is 32.1 Å². The number of ether oxygens (including phenoxy) is 2. The van der Waals surface area contributed by atoms with Gasteiger partial charge >= 0.3 is 0 Å². The second-order valence-electron chi connectivity index (χ2n) is 12.4. The number of nitrogens with one attached hydrogen (secondary N) is 2. The molecule has 0 spiro atoms. The minimum atomic E-state index is -3.21. The standard InChI is InChI=1S/C32H40FN7O5S/c1-5-29(41)37-24-13-25(40-15-20(16-40)27-18-45-10-11-46(27,42)43)22-14-35-32(38-31(22)30(24)19(2)3)36-21-6-8-34-28(12-21)39-9-7-26(44-4)23(33)17-39/h5-6,8,12-14,19-20,23,26-27H,1,7,9-11,15-18H2,2-4H3,(H,37,41)(H,34,35,36,38)/t23-,26+,27?/m0/s1. The molecule has 12 nitrogen and oxygen atoms in total. The van der Waals surface area contributed by atoms with Gasteiger partial charge in [-0.05, 0) is 30.5 Å². The van der Waals surface area contributed by atoms with Gasteiger partial charge in [-0.15, -0.1) is 0 Å². The highest BCUT2D eigenvalue weighted by molar-refractivity contribution is 7.92. The van der Waals surface area contributed by atoms with Gasteiger partial charge in [0.2, 0.25) is 11.9 Å². The minimum Gasteiger partial charge on any atom is -0.379 e. The van der Waals surface area contributed by atoms with Gasteiger partial charge in [0.25, 0.3) is 0 Å². The molecular weight excluding hydrogens is 613 g/mol. The van der Waals surface area contributed by atoms with E-state index in [1.807, 2.05) is 30.9 Å². The second kappa shape index (κ2) is 13.1.